The lowest BCUT2D eigenvalue weighted by Gasteiger charge is -2.02. The Kier molecular flexibility index (Phi) is 2.37. The zero-order valence-electron chi connectivity index (χ0n) is 9.31. The fourth-order valence-corrected chi connectivity index (χ4v) is 2.13. The molecule has 3 nitrogen and oxygen atoms in total. The number of H-pyrrole nitrogens is 1. The second kappa shape index (κ2) is 3.89. The number of nitrogens with one attached hydrogen (secondary N) is 1. The summed E-state index contributed by atoms with van der Waals surface area (Å²) >= 11 is 4.20. The fourth-order valence-electron chi connectivity index (χ4n) is 1.90. The number of hydrogen-bond donors (Lipinski definition) is 2. The average molecular weight is 241 g/mol. The van der Waals surface area contributed by atoms with Crippen LogP contribution in [0.1, 0.15) is 5.69 Å². The predicted octanol–water partition coefficient (Wildman–Crippen LogP) is 3.22. The number of thiol groups is 1. The lowest BCUT2D eigenvalue weighted by Crippen LogP contribution is -1.83. The third-order valence-electron chi connectivity index (χ3n) is 2.70. The van der Waals surface area contributed by atoms with Crippen LogP contribution in [0.3, 0.4) is 0 Å². The molecule has 3 rings (SSSR count). The summed E-state index contributed by atoms with van der Waals surface area (Å²) < 4.78 is 0. The molecule has 0 unspecified atom stereocenters. The van der Waals surface area contributed by atoms with Crippen LogP contribution in [0.2, 0.25) is 0 Å². The van der Waals surface area contributed by atoms with Crippen molar-refractivity contribution < 1.29 is 0 Å². The van der Waals surface area contributed by atoms with E-state index in [-0.39, 0.29) is 0 Å². The molecule has 3 aromatic rings. The van der Waals surface area contributed by atoms with Crippen molar-refractivity contribution >= 4 is 23.7 Å². The van der Waals surface area contributed by atoms with E-state index in [2.05, 4.69) is 45.8 Å². The molecule has 0 saturated heterocycles. The van der Waals surface area contributed by atoms with E-state index in [1.807, 2.05) is 25.3 Å². The molecule has 2 aromatic heterocycles. The maximum Gasteiger partial charge on any atom is 0.163 e. The number of nitrogens with zero attached hydrogens (tertiary/aromatic N) is 2. The molecule has 0 aliphatic rings. The molecular formula is C13H11N3S. The maximum absolute atomic E-state index is 4.31. The van der Waals surface area contributed by atoms with Crippen molar-refractivity contribution in [3.63, 3.8) is 0 Å². The molecular weight excluding hydrogens is 230 g/mol. The van der Waals surface area contributed by atoms with Gasteiger partial charge in [0.2, 0.25) is 0 Å². The fraction of sp³-hybridized carbons (Fsp3) is 0.0769. The van der Waals surface area contributed by atoms with Crippen molar-refractivity contribution in [3.05, 3.63) is 42.2 Å². The van der Waals surface area contributed by atoms with Gasteiger partial charge in [-0.1, -0.05) is 6.07 Å². The predicted molar refractivity (Wildman–Crippen MR) is 71.3 cm³/mol. The van der Waals surface area contributed by atoms with Crippen molar-refractivity contribution in [1.29, 1.82) is 0 Å². The minimum absolute atomic E-state index is 0.642. The average Bonchev–Trinajstić information content (AvgIpc) is 2.68. The van der Waals surface area contributed by atoms with Gasteiger partial charge in [-0.05, 0) is 42.3 Å². The Morgan fingerprint density at radius 2 is 1.94 bits per heavy atom. The van der Waals surface area contributed by atoms with Crippen LogP contribution in [0.25, 0.3) is 22.2 Å². The lowest BCUT2D eigenvalue weighted by molar-refractivity contribution is 1.09. The molecule has 0 atom stereocenters. The van der Waals surface area contributed by atoms with Gasteiger partial charge in [0.05, 0.1) is 11.0 Å². The summed E-state index contributed by atoms with van der Waals surface area (Å²) in [6, 6.07) is 10.2. The van der Waals surface area contributed by atoms with Gasteiger partial charge < -0.3 is 4.98 Å². The lowest BCUT2D eigenvalue weighted by atomic mass is 10.1. The molecule has 1 aromatic carbocycles. The van der Waals surface area contributed by atoms with Gasteiger partial charge in [-0.3, -0.25) is 4.98 Å². The molecule has 0 saturated carbocycles. The van der Waals surface area contributed by atoms with Gasteiger partial charge in [-0.15, -0.1) is 12.6 Å². The number of rotatable bonds is 1. The smallest absolute Gasteiger partial charge is 0.163 e. The van der Waals surface area contributed by atoms with E-state index in [4.69, 9.17) is 0 Å². The first-order valence-electron chi connectivity index (χ1n) is 5.34. The quantitative estimate of drug-likeness (QED) is 0.642. The van der Waals surface area contributed by atoms with E-state index in [1.54, 1.807) is 0 Å². The Bertz CT molecular complexity index is 688. The molecule has 0 aliphatic heterocycles. The zero-order valence-corrected chi connectivity index (χ0v) is 10.2. The van der Waals surface area contributed by atoms with Crippen molar-refractivity contribution in [3.8, 4) is 11.1 Å². The first-order chi connectivity index (χ1) is 8.22. The zero-order chi connectivity index (χ0) is 11.8. The van der Waals surface area contributed by atoms with Gasteiger partial charge in [0.1, 0.15) is 0 Å². The van der Waals surface area contributed by atoms with Gasteiger partial charge in [0.15, 0.2) is 5.16 Å². The van der Waals surface area contributed by atoms with E-state index in [0.29, 0.717) is 5.16 Å². The SMILES string of the molecule is Cc1cc(-c2ccc3[nH]c(S)nc3c2)ccn1. The molecule has 0 spiro atoms. The first-order valence-corrected chi connectivity index (χ1v) is 5.79. The van der Waals surface area contributed by atoms with Crippen LogP contribution >= 0.6 is 12.6 Å². The van der Waals surface area contributed by atoms with Crippen molar-refractivity contribution in [2.75, 3.05) is 0 Å². The van der Waals surface area contributed by atoms with Crippen molar-refractivity contribution in [2.24, 2.45) is 0 Å². The molecule has 17 heavy (non-hydrogen) atoms. The number of imidazole rings is 1. The van der Waals surface area contributed by atoms with E-state index in [1.165, 1.54) is 0 Å². The van der Waals surface area contributed by atoms with Crippen LogP contribution in [0.15, 0.2) is 41.7 Å². The van der Waals surface area contributed by atoms with Crippen molar-refractivity contribution in [2.45, 2.75) is 12.1 Å². The van der Waals surface area contributed by atoms with Crippen LogP contribution in [0.5, 0.6) is 0 Å². The summed E-state index contributed by atoms with van der Waals surface area (Å²) in [5.41, 5.74) is 5.25. The third-order valence-corrected chi connectivity index (χ3v) is 2.91. The molecule has 0 fully saturated rings. The summed E-state index contributed by atoms with van der Waals surface area (Å²) in [6.45, 7) is 1.99. The Morgan fingerprint density at radius 1 is 1.12 bits per heavy atom. The summed E-state index contributed by atoms with van der Waals surface area (Å²) in [7, 11) is 0. The van der Waals surface area contributed by atoms with Gasteiger partial charge in [0, 0.05) is 11.9 Å². The van der Waals surface area contributed by atoms with Crippen LogP contribution < -0.4 is 0 Å². The van der Waals surface area contributed by atoms with Crippen LogP contribution in [0, 0.1) is 6.92 Å². The van der Waals surface area contributed by atoms with Crippen molar-refractivity contribution in [1.82, 2.24) is 15.0 Å². The molecule has 2 heterocycles. The Hall–Kier alpha value is -1.81. The number of aryl methyl sites for hydroxylation is 1. The number of aromatic amines is 1. The Balaban J connectivity index is 2.17. The van der Waals surface area contributed by atoms with Gasteiger partial charge in [-0.25, -0.2) is 4.98 Å². The molecule has 0 aliphatic carbocycles. The minimum Gasteiger partial charge on any atom is -0.333 e. The molecule has 84 valence electrons. The molecule has 0 bridgehead atoms. The van der Waals surface area contributed by atoms with Gasteiger partial charge in [-0.2, -0.15) is 0 Å². The van der Waals surface area contributed by atoms with E-state index in [9.17, 15) is 0 Å². The molecule has 1 N–H and O–H groups in total. The van der Waals surface area contributed by atoms with E-state index in [0.717, 1.165) is 27.9 Å². The van der Waals surface area contributed by atoms with Crippen LogP contribution in [0.4, 0.5) is 0 Å². The second-order valence-electron chi connectivity index (χ2n) is 3.98. The number of benzene rings is 1. The first kappa shape index (κ1) is 10.4. The summed E-state index contributed by atoms with van der Waals surface area (Å²) in [5.74, 6) is 0. The summed E-state index contributed by atoms with van der Waals surface area (Å²) in [4.78, 5) is 11.6. The second-order valence-corrected chi connectivity index (χ2v) is 4.40. The van der Waals surface area contributed by atoms with Gasteiger partial charge in [0.25, 0.3) is 0 Å². The third kappa shape index (κ3) is 1.91. The highest BCUT2D eigenvalue weighted by Gasteiger charge is 2.03. The maximum atomic E-state index is 4.31. The van der Waals surface area contributed by atoms with E-state index >= 15 is 0 Å². The van der Waals surface area contributed by atoms with Gasteiger partial charge >= 0.3 is 0 Å². The van der Waals surface area contributed by atoms with Crippen LogP contribution in [-0.2, 0) is 0 Å². The summed E-state index contributed by atoms with van der Waals surface area (Å²) in [6.07, 6.45) is 1.82. The van der Waals surface area contributed by atoms with Crippen LogP contribution in [-0.4, -0.2) is 15.0 Å². The highest BCUT2D eigenvalue weighted by Crippen LogP contribution is 2.23. The molecule has 0 radical (unpaired) electrons. The highest BCUT2D eigenvalue weighted by atomic mass is 32.1. The number of aromatic nitrogens is 3. The largest absolute Gasteiger partial charge is 0.333 e. The molecule has 0 amide bonds. The molecule has 4 heteroatoms. The monoisotopic (exact) mass is 241 g/mol. The normalized spacial score (nSPS) is 10.9. The number of pyridine rings is 1. The minimum atomic E-state index is 0.642. The Labute approximate surface area is 104 Å². The summed E-state index contributed by atoms with van der Waals surface area (Å²) in [5, 5.41) is 0.642. The highest BCUT2D eigenvalue weighted by molar-refractivity contribution is 7.80. The Morgan fingerprint density at radius 3 is 2.76 bits per heavy atom. The number of fused-ring (bicyclic) bond motifs is 1. The number of hydrogen-bond acceptors (Lipinski definition) is 3. The topological polar surface area (TPSA) is 41.6 Å². The standard InChI is InChI=1S/C13H11N3S/c1-8-6-10(4-5-14-8)9-2-3-11-12(7-9)16-13(17)15-11/h2-7H,1H3,(H2,15,16,17). The van der Waals surface area contributed by atoms with E-state index < -0.39 is 0 Å².